The van der Waals surface area contributed by atoms with E-state index in [1.165, 1.54) is 30.4 Å². The highest BCUT2D eigenvalue weighted by atomic mass is 16.5. The highest BCUT2D eigenvalue weighted by molar-refractivity contribution is 6.27. The molecule has 1 rings (SSSR count). The summed E-state index contributed by atoms with van der Waals surface area (Å²) in [6.45, 7) is 14.1. The summed E-state index contributed by atoms with van der Waals surface area (Å²) in [5, 5.41) is 18.3. The van der Waals surface area contributed by atoms with E-state index in [2.05, 4.69) is 58.1 Å². The lowest BCUT2D eigenvalue weighted by atomic mass is 9.85. The van der Waals surface area contributed by atoms with Crippen LogP contribution in [0, 0.1) is 6.92 Å². The van der Waals surface area contributed by atoms with Crippen LogP contribution in [0.4, 0.5) is 0 Å². The molecular weight excluding hydrogens is 346 g/mol. The molecule has 0 amide bonds. The van der Waals surface area contributed by atoms with Gasteiger partial charge < -0.3 is 20.3 Å². The Kier molecular flexibility index (Phi) is 12.1. The van der Waals surface area contributed by atoms with E-state index in [-0.39, 0.29) is 5.41 Å². The van der Waals surface area contributed by atoms with Crippen LogP contribution in [0.25, 0.3) is 0 Å². The van der Waals surface area contributed by atoms with E-state index in [4.69, 9.17) is 24.5 Å². The Bertz CT molecular complexity index is 566. The van der Waals surface area contributed by atoms with Gasteiger partial charge in [0, 0.05) is 0 Å². The van der Waals surface area contributed by atoms with E-state index >= 15 is 0 Å². The van der Waals surface area contributed by atoms with Crippen molar-refractivity contribution in [3.8, 4) is 5.75 Å². The van der Waals surface area contributed by atoms with Gasteiger partial charge in [0.1, 0.15) is 5.75 Å². The largest absolute Gasteiger partial charge is 0.493 e. The van der Waals surface area contributed by atoms with Crippen LogP contribution < -0.4 is 10.1 Å². The van der Waals surface area contributed by atoms with Gasteiger partial charge in [-0.2, -0.15) is 0 Å². The zero-order valence-electron chi connectivity index (χ0n) is 17.3. The summed E-state index contributed by atoms with van der Waals surface area (Å²) in [5.41, 5.74) is 2.68. The monoisotopic (exact) mass is 381 g/mol. The molecule has 1 aromatic rings. The molecule has 0 saturated carbocycles. The number of hydrogen-bond donors (Lipinski definition) is 3. The number of rotatable bonds is 9. The quantitative estimate of drug-likeness (QED) is 0.442. The minimum absolute atomic E-state index is 0.128. The molecule has 0 bridgehead atoms. The predicted octanol–water partition coefficient (Wildman–Crippen LogP) is 4.00. The fourth-order valence-electron chi connectivity index (χ4n) is 2.39. The number of unbranched alkanes of at least 4 members (excludes halogenated alkanes) is 2. The van der Waals surface area contributed by atoms with Gasteiger partial charge in [-0.15, -0.1) is 0 Å². The van der Waals surface area contributed by atoms with E-state index in [1.807, 2.05) is 0 Å². The number of aliphatic carboxylic acids is 2. The number of hydrogen-bond acceptors (Lipinski definition) is 4. The highest BCUT2D eigenvalue weighted by Crippen LogP contribution is 2.33. The zero-order chi connectivity index (χ0) is 20.9. The van der Waals surface area contributed by atoms with E-state index in [9.17, 15) is 0 Å². The maximum atomic E-state index is 9.10. The van der Waals surface area contributed by atoms with Crippen LogP contribution in [0.15, 0.2) is 18.2 Å². The second-order valence-electron chi connectivity index (χ2n) is 7.47. The lowest BCUT2D eigenvalue weighted by Crippen LogP contribution is -2.17. The first kappa shape index (κ1) is 24.9. The van der Waals surface area contributed by atoms with Gasteiger partial charge in [0.2, 0.25) is 0 Å². The Morgan fingerprint density at radius 1 is 1.04 bits per heavy atom. The van der Waals surface area contributed by atoms with Crippen LogP contribution in [0.1, 0.15) is 64.5 Å². The van der Waals surface area contributed by atoms with Crippen LogP contribution >= 0.6 is 0 Å². The average molecular weight is 382 g/mol. The average Bonchev–Trinajstić information content (AvgIpc) is 2.58. The second kappa shape index (κ2) is 13.1. The molecule has 0 radical (unpaired) electrons. The Morgan fingerprint density at radius 3 is 2.15 bits per heavy atom. The molecule has 0 fully saturated rings. The molecule has 3 N–H and O–H groups in total. The van der Waals surface area contributed by atoms with Gasteiger partial charge >= 0.3 is 11.9 Å². The number of nitrogens with one attached hydrogen (secondary N) is 1. The third-order valence-electron chi connectivity index (χ3n) is 3.90. The Morgan fingerprint density at radius 2 is 1.63 bits per heavy atom. The number of aryl methyl sites for hydroxylation is 1. The number of para-hydroxylation sites is 1. The summed E-state index contributed by atoms with van der Waals surface area (Å²) in [6.07, 6.45) is 4.82. The molecule has 0 aliphatic carbocycles. The first-order valence-corrected chi connectivity index (χ1v) is 9.51. The summed E-state index contributed by atoms with van der Waals surface area (Å²) < 4.78 is 6.09. The number of carbonyl (C=O) groups is 2. The van der Waals surface area contributed by atoms with Crippen molar-refractivity contribution in [3.05, 3.63) is 29.3 Å². The van der Waals surface area contributed by atoms with Gasteiger partial charge in [0.25, 0.3) is 0 Å². The molecule has 1 aromatic carbocycles. The first-order valence-electron chi connectivity index (χ1n) is 9.51. The maximum absolute atomic E-state index is 9.10. The normalized spacial score (nSPS) is 10.7. The summed E-state index contributed by atoms with van der Waals surface area (Å²) in [7, 11) is 0. The Labute approximate surface area is 162 Å². The van der Waals surface area contributed by atoms with Gasteiger partial charge in [-0.25, -0.2) is 9.59 Å². The van der Waals surface area contributed by atoms with Crippen molar-refractivity contribution in [1.29, 1.82) is 0 Å². The fourth-order valence-corrected chi connectivity index (χ4v) is 2.39. The first-order chi connectivity index (χ1) is 12.6. The Balaban J connectivity index is 0.000000972. The number of ether oxygens (including phenoxy) is 1. The molecule has 0 aliphatic rings. The Hall–Kier alpha value is -2.08. The molecule has 6 nitrogen and oxygen atoms in total. The van der Waals surface area contributed by atoms with Crippen molar-refractivity contribution in [2.24, 2.45) is 0 Å². The molecule has 0 aliphatic heterocycles. The van der Waals surface area contributed by atoms with Gasteiger partial charge in [0.05, 0.1) is 6.61 Å². The molecule has 0 unspecified atom stereocenters. The molecule has 27 heavy (non-hydrogen) atoms. The van der Waals surface area contributed by atoms with Crippen LogP contribution in [0.5, 0.6) is 5.75 Å². The van der Waals surface area contributed by atoms with Crippen molar-refractivity contribution in [2.45, 2.75) is 65.7 Å². The summed E-state index contributed by atoms with van der Waals surface area (Å²) in [6, 6.07) is 6.45. The molecule has 6 heteroatoms. The molecule has 0 spiro atoms. The van der Waals surface area contributed by atoms with Crippen LogP contribution in [0.2, 0.25) is 0 Å². The molecule has 154 valence electrons. The number of benzene rings is 1. The van der Waals surface area contributed by atoms with Gasteiger partial charge in [-0.1, -0.05) is 52.3 Å². The van der Waals surface area contributed by atoms with E-state index in [1.54, 1.807) is 0 Å². The summed E-state index contributed by atoms with van der Waals surface area (Å²) >= 11 is 0. The minimum Gasteiger partial charge on any atom is -0.493 e. The fraction of sp³-hybridized carbons (Fsp3) is 0.619. The molecule has 0 atom stereocenters. The van der Waals surface area contributed by atoms with Crippen LogP contribution in [0.3, 0.4) is 0 Å². The third-order valence-corrected chi connectivity index (χ3v) is 3.90. The van der Waals surface area contributed by atoms with E-state index in [0.29, 0.717) is 0 Å². The van der Waals surface area contributed by atoms with E-state index < -0.39 is 11.9 Å². The topological polar surface area (TPSA) is 95.9 Å². The van der Waals surface area contributed by atoms with Gasteiger partial charge in [0.15, 0.2) is 0 Å². The van der Waals surface area contributed by atoms with Crippen molar-refractivity contribution in [1.82, 2.24) is 5.32 Å². The van der Waals surface area contributed by atoms with E-state index in [0.717, 1.165) is 31.9 Å². The third kappa shape index (κ3) is 11.3. The smallest absolute Gasteiger partial charge is 0.414 e. The van der Waals surface area contributed by atoms with Crippen LogP contribution in [-0.4, -0.2) is 41.8 Å². The standard InChI is InChI=1S/C19H33NO.C2H2O4/c1-6-7-13-20-14-8-9-15-21-18-16(2)11-10-12-17(18)19(3,4)5;3-1(4)2(5)6/h10-12,20H,6-9,13-15H2,1-5H3;(H,3,4)(H,5,6). The molecule has 0 aromatic heterocycles. The minimum atomic E-state index is -1.82. The number of carboxylic acid groups (broad SMARTS) is 2. The van der Waals surface area contributed by atoms with Crippen molar-refractivity contribution < 1.29 is 24.5 Å². The highest BCUT2D eigenvalue weighted by Gasteiger charge is 2.19. The van der Waals surface area contributed by atoms with Crippen molar-refractivity contribution in [2.75, 3.05) is 19.7 Å². The lowest BCUT2D eigenvalue weighted by molar-refractivity contribution is -0.159. The van der Waals surface area contributed by atoms with Crippen molar-refractivity contribution in [3.63, 3.8) is 0 Å². The van der Waals surface area contributed by atoms with Gasteiger partial charge in [-0.3, -0.25) is 0 Å². The van der Waals surface area contributed by atoms with Crippen molar-refractivity contribution >= 4 is 11.9 Å². The zero-order valence-corrected chi connectivity index (χ0v) is 17.3. The molecular formula is C21H35NO5. The summed E-state index contributed by atoms with van der Waals surface area (Å²) in [5.74, 6) is -2.56. The SMILES string of the molecule is CCCCNCCCCOc1c(C)cccc1C(C)(C)C.O=C(O)C(=O)O. The number of carboxylic acids is 2. The predicted molar refractivity (Wildman–Crippen MR) is 108 cm³/mol. The second-order valence-corrected chi connectivity index (χ2v) is 7.47. The molecule has 0 saturated heterocycles. The lowest BCUT2D eigenvalue weighted by Gasteiger charge is -2.24. The summed E-state index contributed by atoms with van der Waals surface area (Å²) in [4.78, 5) is 18.2. The maximum Gasteiger partial charge on any atom is 0.414 e. The molecule has 0 heterocycles. The van der Waals surface area contributed by atoms with Crippen LogP contribution in [-0.2, 0) is 15.0 Å². The van der Waals surface area contributed by atoms with Gasteiger partial charge in [-0.05, 0) is 55.8 Å².